The highest BCUT2D eigenvalue weighted by atomic mass is 15.0. The van der Waals surface area contributed by atoms with E-state index in [2.05, 4.69) is 111 Å². The van der Waals surface area contributed by atoms with Crippen molar-refractivity contribution in [1.29, 1.82) is 10.5 Å². The van der Waals surface area contributed by atoms with Gasteiger partial charge in [-0.1, -0.05) is 91.0 Å². The van der Waals surface area contributed by atoms with Crippen LogP contribution in [0.3, 0.4) is 0 Å². The quantitative estimate of drug-likeness (QED) is 0.181. The Morgan fingerprint density at radius 1 is 0.500 bits per heavy atom. The van der Waals surface area contributed by atoms with Gasteiger partial charge >= 0.3 is 0 Å². The van der Waals surface area contributed by atoms with E-state index in [0.29, 0.717) is 16.8 Å². The van der Waals surface area contributed by atoms with Crippen LogP contribution < -0.4 is 0 Å². The number of rotatable bonds is 4. The predicted octanol–water partition coefficient (Wildman–Crippen LogP) is 11.5. The molecule has 5 heteroatoms. The van der Waals surface area contributed by atoms with E-state index >= 15 is 0 Å². The molecule has 230 valence electrons. The molecule has 2 heterocycles. The van der Waals surface area contributed by atoms with Crippen LogP contribution in [0.1, 0.15) is 11.1 Å². The molecule has 0 saturated heterocycles. The SMILES string of the molecule is [C-]#[N+]c1cccc2c3cc(C#N)ccc3n(-c3cccc(C#N)c3-c3cccc(-c4cccc(-n5c6ccccc6c6ccccc65)c4)c3)c12. The summed E-state index contributed by atoms with van der Waals surface area (Å²) in [5.74, 6) is 0. The molecule has 0 fully saturated rings. The van der Waals surface area contributed by atoms with Crippen molar-refractivity contribution in [3.63, 3.8) is 0 Å². The summed E-state index contributed by atoms with van der Waals surface area (Å²) in [4.78, 5) is 3.89. The van der Waals surface area contributed by atoms with Crippen LogP contribution in [0, 0.1) is 29.2 Å². The highest BCUT2D eigenvalue weighted by molar-refractivity contribution is 6.14. The number of fused-ring (bicyclic) bond motifs is 6. The Kier molecular flexibility index (Phi) is 6.56. The molecule has 7 aromatic carbocycles. The van der Waals surface area contributed by atoms with Crippen molar-refractivity contribution in [3.05, 3.63) is 174 Å². The number of nitriles is 2. The first-order valence-electron chi connectivity index (χ1n) is 16.3. The molecular formula is C45H25N5. The second kappa shape index (κ2) is 11.4. The molecule has 0 unspecified atom stereocenters. The second-order valence-corrected chi connectivity index (χ2v) is 12.3. The summed E-state index contributed by atoms with van der Waals surface area (Å²) >= 11 is 0. The molecule has 5 nitrogen and oxygen atoms in total. The largest absolute Gasteiger partial charge is 0.318 e. The van der Waals surface area contributed by atoms with Gasteiger partial charge in [0.2, 0.25) is 5.69 Å². The van der Waals surface area contributed by atoms with Crippen LogP contribution in [0.4, 0.5) is 5.69 Å². The summed E-state index contributed by atoms with van der Waals surface area (Å²) in [6.07, 6.45) is 0. The van der Waals surface area contributed by atoms with Gasteiger partial charge in [-0.25, -0.2) is 4.85 Å². The van der Waals surface area contributed by atoms with Crippen LogP contribution in [0.5, 0.6) is 0 Å². The maximum Gasteiger partial charge on any atom is 0.211 e. The van der Waals surface area contributed by atoms with Crippen molar-refractivity contribution in [2.24, 2.45) is 0 Å². The third-order valence-electron chi connectivity index (χ3n) is 9.59. The third kappa shape index (κ3) is 4.31. The van der Waals surface area contributed by atoms with E-state index < -0.39 is 0 Å². The molecule has 2 aromatic heterocycles. The van der Waals surface area contributed by atoms with E-state index in [1.807, 2.05) is 60.7 Å². The Balaban J connectivity index is 1.26. The second-order valence-electron chi connectivity index (χ2n) is 12.3. The Morgan fingerprint density at radius 3 is 1.88 bits per heavy atom. The maximum atomic E-state index is 10.5. The molecule has 0 aliphatic carbocycles. The molecule has 0 amide bonds. The minimum absolute atomic E-state index is 0.501. The van der Waals surface area contributed by atoms with Crippen LogP contribution in [-0.2, 0) is 0 Å². The van der Waals surface area contributed by atoms with Gasteiger partial charge in [-0.15, -0.1) is 0 Å². The standard InChI is InChI=1S/C45H25N5/c1-48-39-18-9-17-37-38-24-29(27-46)22-23-42(38)50(45(37)39)43-21-8-13-33(28-47)44(43)32-12-6-10-30(25-32)31-11-7-14-34(26-31)49-40-19-4-2-15-35(40)36-16-3-5-20-41(36)49/h2-26H. The summed E-state index contributed by atoms with van der Waals surface area (Å²) < 4.78 is 4.39. The van der Waals surface area contributed by atoms with E-state index in [0.717, 1.165) is 66.5 Å². The minimum atomic E-state index is 0.501. The van der Waals surface area contributed by atoms with Gasteiger partial charge in [-0.05, 0) is 82.7 Å². The molecule has 9 rings (SSSR count). The first-order valence-corrected chi connectivity index (χ1v) is 16.3. The van der Waals surface area contributed by atoms with Gasteiger partial charge < -0.3 is 9.13 Å². The van der Waals surface area contributed by atoms with Crippen LogP contribution >= 0.6 is 0 Å². The Morgan fingerprint density at radius 2 is 1.14 bits per heavy atom. The van der Waals surface area contributed by atoms with Gasteiger partial charge in [0.15, 0.2) is 0 Å². The van der Waals surface area contributed by atoms with Gasteiger partial charge in [0, 0.05) is 27.4 Å². The summed E-state index contributed by atoms with van der Waals surface area (Å²) in [5.41, 5.74) is 11.1. The molecular weight excluding hydrogens is 611 g/mol. The van der Waals surface area contributed by atoms with Crippen LogP contribution in [-0.4, -0.2) is 9.13 Å². The zero-order valence-corrected chi connectivity index (χ0v) is 26.7. The lowest BCUT2D eigenvalue weighted by Crippen LogP contribution is -2.00. The van der Waals surface area contributed by atoms with Gasteiger partial charge in [0.25, 0.3) is 0 Å². The number of hydrogen-bond donors (Lipinski definition) is 0. The highest BCUT2D eigenvalue weighted by Gasteiger charge is 2.21. The van der Waals surface area contributed by atoms with Crippen molar-refractivity contribution < 1.29 is 0 Å². The Labute approximate surface area is 288 Å². The summed E-state index contributed by atoms with van der Waals surface area (Å²) in [6.45, 7) is 8.02. The normalized spacial score (nSPS) is 11.1. The molecule has 0 aliphatic rings. The molecule has 0 saturated carbocycles. The van der Waals surface area contributed by atoms with Crippen molar-refractivity contribution >= 4 is 49.3 Å². The first-order chi connectivity index (χ1) is 24.7. The van der Waals surface area contributed by atoms with E-state index in [9.17, 15) is 10.5 Å². The number of benzene rings is 7. The summed E-state index contributed by atoms with van der Waals surface area (Å²) in [6, 6.07) is 55.6. The maximum absolute atomic E-state index is 10.5. The van der Waals surface area contributed by atoms with Crippen molar-refractivity contribution in [3.8, 4) is 45.8 Å². The fourth-order valence-electron chi connectivity index (χ4n) is 7.46. The Hall–Kier alpha value is -7.39. The summed E-state index contributed by atoms with van der Waals surface area (Å²) in [5, 5.41) is 24.3. The van der Waals surface area contributed by atoms with Crippen LogP contribution in [0.2, 0.25) is 0 Å². The monoisotopic (exact) mass is 635 g/mol. The molecule has 0 atom stereocenters. The fourth-order valence-corrected chi connectivity index (χ4v) is 7.46. The van der Waals surface area contributed by atoms with Gasteiger partial charge in [0.05, 0.1) is 57.6 Å². The van der Waals surface area contributed by atoms with Crippen molar-refractivity contribution in [2.75, 3.05) is 0 Å². The fraction of sp³-hybridized carbons (Fsp3) is 0. The number of para-hydroxylation sites is 3. The van der Waals surface area contributed by atoms with Gasteiger partial charge in [-0.3, -0.25) is 0 Å². The average molecular weight is 636 g/mol. The van der Waals surface area contributed by atoms with E-state index in [-0.39, 0.29) is 0 Å². The lowest BCUT2D eigenvalue weighted by molar-refractivity contribution is 1.18. The number of aromatic nitrogens is 2. The highest BCUT2D eigenvalue weighted by Crippen LogP contribution is 2.42. The van der Waals surface area contributed by atoms with Gasteiger partial charge in [0.1, 0.15) is 0 Å². The zero-order valence-electron chi connectivity index (χ0n) is 26.7. The molecule has 0 N–H and O–H groups in total. The third-order valence-corrected chi connectivity index (χ3v) is 9.59. The van der Waals surface area contributed by atoms with Crippen LogP contribution in [0.25, 0.3) is 82.1 Å². The number of hydrogen-bond acceptors (Lipinski definition) is 2. The molecule has 0 spiro atoms. The van der Waals surface area contributed by atoms with Gasteiger partial charge in [-0.2, -0.15) is 10.5 Å². The molecule has 0 radical (unpaired) electrons. The predicted molar refractivity (Wildman–Crippen MR) is 202 cm³/mol. The van der Waals surface area contributed by atoms with Crippen molar-refractivity contribution in [2.45, 2.75) is 0 Å². The Bertz CT molecular complexity index is 2920. The molecule has 0 bridgehead atoms. The van der Waals surface area contributed by atoms with E-state index in [4.69, 9.17) is 6.57 Å². The topological polar surface area (TPSA) is 61.8 Å². The summed E-state index contributed by atoms with van der Waals surface area (Å²) in [7, 11) is 0. The minimum Gasteiger partial charge on any atom is -0.318 e. The van der Waals surface area contributed by atoms with E-state index in [1.165, 1.54) is 10.8 Å². The molecule has 9 aromatic rings. The van der Waals surface area contributed by atoms with Crippen LogP contribution in [0.15, 0.2) is 152 Å². The first kappa shape index (κ1) is 28.8. The number of nitrogens with zero attached hydrogens (tertiary/aromatic N) is 5. The van der Waals surface area contributed by atoms with E-state index in [1.54, 1.807) is 6.07 Å². The van der Waals surface area contributed by atoms with Crippen molar-refractivity contribution in [1.82, 2.24) is 9.13 Å². The molecule has 50 heavy (non-hydrogen) atoms. The zero-order chi connectivity index (χ0) is 33.8. The average Bonchev–Trinajstić information content (AvgIpc) is 3.70. The molecule has 0 aliphatic heterocycles. The lowest BCUT2D eigenvalue weighted by atomic mass is 9.94. The lowest BCUT2D eigenvalue weighted by Gasteiger charge is -2.17. The smallest absolute Gasteiger partial charge is 0.211 e.